The number of carboxylic acid groups (broad SMARTS) is 4. The van der Waals surface area contributed by atoms with Crippen LogP contribution in [0.3, 0.4) is 0 Å². The smallest absolute Gasteiger partial charge is 0.665 e. The minimum absolute atomic E-state index is 0. The zero-order valence-corrected chi connectivity index (χ0v) is 19.1. The number of rotatable bonds is 4. The summed E-state index contributed by atoms with van der Waals surface area (Å²) < 4.78 is 0. The minimum atomic E-state index is -1.66. The number of carbonyl (C=O) groups is 4. The summed E-state index contributed by atoms with van der Waals surface area (Å²) in [7, 11) is 0. The van der Waals surface area contributed by atoms with Gasteiger partial charge in [0.25, 0.3) is 0 Å². The van der Waals surface area contributed by atoms with Crippen molar-refractivity contribution in [3.05, 3.63) is 92.1 Å². The average molecular weight is 579 g/mol. The van der Waals surface area contributed by atoms with Gasteiger partial charge >= 0.3 is 40.9 Å². The summed E-state index contributed by atoms with van der Waals surface area (Å²) in [5.41, 5.74) is -1.19. The van der Waals surface area contributed by atoms with Crippen LogP contribution in [0.1, 0.15) is 41.4 Å². The van der Waals surface area contributed by atoms with E-state index in [1.165, 1.54) is 0 Å². The number of fused-ring (bicyclic) bond motifs is 3. The molecule has 190 valence electrons. The van der Waals surface area contributed by atoms with Gasteiger partial charge in [-0.2, -0.15) is 12.4 Å². The first-order valence-corrected chi connectivity index (χ1v) is 8.90. The molecule has 13 heteroatoms. The molecule has 2 radical (unpaired) electrons. The van der Waals surface area contributed by atoms with E-state index in [1.807, 2.05) is 12.2 Å². The van der Waals surface area contributed by atoms with Crippen LogP contribution < -0.4 is 10.4 Å². The van der Waals surface area contributed by atoms with E-state index in [1.54, 1.807) is 12.4 Å². The van der Waals surface area contributed by atoms with Gasteiger partial charge in [0.15, 0.2) is 0 Å². The third-order valence-corrected chi connectivity index (χ3v) is 4.42. The maximum atomic E-state index is 10.8. The van der Waals surface area contributed by atoms with Crippen molar-refractivity contribution < 1.29 is 79.2 Å². The van der Waals surface area contributed by atoms with E-state index >= 15 is 0 Å². The molecule has 2 aromatic carbocycles. The van der Waals surface area contributed by atoms with Gasteiger partial charge in [-0.05, 0) is 22.6 Å². The number of benzene rings is 2. The molecule has 0 saturated heterocycles. The number of hydrogen-bond acceptors (Lipinski definition) is 4. The Kier molecular flexibility index (Phi) is 11.7. The Balaban J connectivity index is 0.000000619. The standard InChI is InChI=1S/C12H8N2.C10H6O8.2Cu.H2O/c1-3-9-5-6-10-4-2-8-14-12(10)11(9)13-7-1;11-7(12)3-1-4(8(13)14)6(10(17)18)2-5(3)9(15)16;;;/h1-8H;1-2H,(H,11,12)(H,13,14)(H,15,16)(H,17,18);;;1H2/q-2;;;+2;. The van der Waals surface area contributed by atoms with Crippen molar-refractivity contribution in [1.82, 2.24) is 0 Å². The fourth-order valence-corrected chi connectivity index (χ4v) is 2.99. The summed E-state index contributed by atoms with van der Waals surface area (Å²) in [5, 5.41) is 46.0. The third kappa shape index (κ3) is 6.82. The second-order valence-electron chi connectivity index (χ2n) is 6.38. The van der Waals surface area contributed by atoms with Crippen LogP contribution in [0.4, 0.5) is 11.4 Å². The summed E-state index contributed by atoms with van der Waals surface area (Å²) in [6, 6.07) is 5.17. The summed E-state index contributed by atoms with van der Waals surface area (Å²) >= 11 is 0. The molecule has 35 heavy (non-hydrogen) atoms. The van der Waals surface area contributed by atoms with Crippen LogP contribution in [-0.2, 0) is 34.1 Å². The number of allylic oxidation sites excluding steroid dienone is 2. The molecule has 4 rings (SSSR count). The second kappa shape index (κ2) is 13.1. The molecule has 0 atom stereocenters. The van der Waals surface area contributed by atoms with Gasteiger partial charge < -0.3 is 36.5 Å². The summed E-state index contributed by atoms with van der Waals surface area (Å²) in [4.78, 5) is 43.1. The SMILES string of the molecule is C1=C[N-]c2c3c(ccc2=C1)=CC=C[N-]3.O.O=C(O)c1cc(C(=O)O)c(C(=O)O)cc1C(=O)O.[Cu+2].[Cu]. The largest absolute Gasteiger partial charge is 2.00 e. The number of aromatic carboxylic acids is 4. The quantitative estimate of drug-likeness (QED) is 0.393. The predicted octanol–water partition coefficient (Wildman–Crippen LogP) is 1.96. The Bertz CT molecular complexity index is 1200. The van der Waals surface area contributed by atoms with Crippen LogP contribution in [-0.4, -0.2) is 49.8 Å². The van der Waals surface area contributed by atoms with E-state index in [4.69, 9.17) is 20.4 Å². The third-order valence-electron chi connectivity index (χ3n) is 4.42. The fourth-order valence-electron chi connectivity index (χ4n) is 2.99. The topological polar surface area (TPSA) is 209 Å². The average Bonchev–Trinajstić information content (AvgIpc) is 2.78. The Morgan fingerprint density at radius 1 is 0.600 bits per heavy atom. The van der Waals surface area contributed by atoms with Crippen molar-refractivity contribution in [3.63, 3.8) is 0 Å². The molecule has 0 bridgehead atoms. The molecule has 0 saturated carbocycles. The molecular weight excluding hydrogens is 563 g/mol. The van der Waals surface area contributed by atoms with Crippen LogP contribution in [0.5, 0.6) is 0 Å². The van der Waals surface area contributed by atoms with E-state index in [9.17, 15) is 19.2 Å². The minimum Gasteiger partial charge on any atom is -0.665 e. The molecule has 0 spiro atoms. The summed E-state index contributed by atoms with van der Waals surface area (Å²) in [5.74, 6) is -6.64. The first-order valence-electron chi connectivity index (χ1n) is 8.90. The molecule has 0 fully saturated rings. The maximum absolute atomic E-state index is 10.8. The van der Waals surface area contributed by atoms with Crippen molar-refractivity contribution >= 4 is 47.4 Å². The van der Waals surface area contributed by atoms with Crippen LogP contribution >= 0.6 is 0 Å². The van der Waals surface area contributed by atoms with E-state index in [0.29, 0.717) is 12.1 Å². The van der Waals surface area contributed by atoms with Gasteiger partial charge in [0.05, 0.1) is 22.3 Å². The van der Waals surface area contributed by atoms with Crippen molar-refractivity contribution in [3.8, 4) is 0 Å². The molecule has 6 N–H and O–H groups in total. The first kappa shape index (κ1) is 31.1. The maximum Gasteiger partial charge on any atom is 2.00 e. The zero-order chi connectivity index (χ0) is 23.4. The number of carboxylic acids is 4. The van der Waals surface area contributed by atoms with Crippen molar-refractivity contribution in [1.29, 1.82) is 0 Å². The van der Waals surface area contributed by atoms with E-state index in [-0.39, 0.29) is 39.6 Å². The molecule has 2 aliphatic rings. The zero-order valence-electron chi connectivity index (χ0n) is 17.2. The Hall–Kier alpha value is -3.86. The molecule has 0 aliphatic carbocycles. The van der Waals surface area contributed by atoms with Crippen molar-refractivity contribution in [2.45, 2.75) is 0 Å². The Morgan fingerprint density at radius 2 is 0.886 bits per heavy atom. The van der Waals surface area contributed by atoms with Crippen molar-refractivity contribution in [2.75, 3.05) is 0 Å². The molecule has 2 heterocycles. The van der Waals surface area contributed by atoms with Gasteiger partial charge in [-0.15, -0.1) is 11.4 Å². The van der Waals surface area contributed by atoms with Gasteiger partial charge in [0, 0.05) is 17.1 Å². The number of hydrogen-bond donors (Lipinski definition) is 4. The van der Waals surface area contributed by atoms with Gasteiger partial charge in [-0.25, -0.2) is 19.2 Å². The van der Waals surface area contributed by atoms with Gasteiger partial charge in [0.1, 0.15) is 0 Å². The monoisotopic (exact) mass is 578 g/mol. The van der Waals surface area contributed by atoms with Crippen molar-refractivity contribution in [2.24, 2.45) is 0 Å². The Labute approximate surface area is 218 Å². The second-order valence-corrected chi connectivity index (χ2v) is 6.38. The van der Waals surface area contributed by atoms with Gasteiger partial charge in [-0.1, -0.05) is 36.4 Å². The summed E-state index contributed by atoms with van der Waals surface area (Å²) in [6.07, 6.45) is 11.6. The molecule has 0 unspecified atom stereocenters. The van der Waals surface area contributed by atoms with E-state index in [2.05, 4.69) is 34.9 Å². The van der Waals surface area contributed by atoms with E-state index < -0.39 is 46.1 Å². The van der Waals surface area contributed by atoms with Crippen LogP contribution in [0.25, 0.3) is 22.8 Å². The molecule has 2 aliphatic heterocycles. The number of nitrogens with zero attached hydrogens (tertiary/aromatic N) is 2. The van der Waals surface area contributed by atoms with Crippen LogP contribution in [0, 0.1) is 0 Å². The molecule has 2 aromatic rings. The summed E-state index contributed by atoms with van der Waals surface area (Å²) in [6.45, 7) is 0. The normalized spacial score (nSPS) is 11.2. The Morgan fingerprint density at radius 3 is 1.14 bits per heavy atom. The van der Waals surface area contributed by atoms with Gasteiger partial charge in [0.2, 0.25) is 0 Å². The first-order chi connectivity index (χ1) is 15.2. The molecular formula is C22H16Cu2N2O9. The molecule has 0 amide bonds. The predicted molar refractivity (Wildman–Crippen MR) is 117 cm³/mol. The molecule has 11 nitrogen and oxygen atoms in total. The van der Waals surface area contributed by atoms with Crippen LogP contribution in [0.15, 0.2) is 48.8 Å². The fraction of sp³-hybridized carbons (Fsp3) is 0. The van der Waals surface area contributed by atoms with Gasteiger partial charge in [-0.3, -0.25) is 0 Å². The van der Waals surface area contributed by atoms with E-state index in [0.717, 1.165) is 21.8 Å². The van der Waals surface area contributed by atoms with Crippen LogP contribution in [0.2, 0.25) is 0 Å². The molecule has 0 aromatic heterocycles.